The highest BCUT2D eigenvalue weighted by molar-refractivity contribution is 5.53. The Hall–Kier alpha value is -2.15. The normalized spacial score (nSPS) is 12.5. The van der Waals surface area contributed by atoms with Crippen molar-refractivity contribution in [1.82, 2.24) is 0 Å². The first kappa shape index (κ1) is 15.9. The zero-order valence-electron chi connectivity index (χ0n) is 9.70. The van der Waals surface area contributed by atoms with Gasteiger partial charge in [0.2, 0.25) is 0 Å². The van der Waals surface area contributed by atoms with Crippen LogP contribution in [0.5, 0.6) is 0 Å². The van der Waals surface area contributed by atoms with Gasteiger partial charge in [-0.3, -0.25) is 0 Å². The van der Waals surface area contributed by atoms with Crippen LogP contribution in [0.4, 0.5) is 26.3 Å². The molecule has 0 aliphatic heterocycles. The number of benzene rings is 1. The molecule has 0 aliphatic rings. The quantitative estimate of drug-likeness (QED) is 0.324. The van der Waals surface area contributed by atoms with Crippen molar-refractivity contribution in [2.24, 2.45) is 5.11 Å². The van der Waals surface area contributed by atoms with Crippen LogP contribution in [0.2, 0.25) is 0 Å². The van der Waals surface area contributed by atoms with Crippen LogP contribution in [0, 0.1) is 0 Å². The minimum absolute atomic E-state index is 0.0464. The Balaban J connectivity index is 3.24. The molecule has 0 saturated carbocycles. The molecule has 0 amide bonds. The summed E-state index contributed by atoms with van der Waals surface area (Å²) in [6.45, 7) is -0.173. The van der Waals surface area contributed by atoms with Crippen molar-refractivity contribution in [2.45, 2.75) is 12.4 Å². The predicted molar refractivity (Wildman–Crippen MR) is 59.5 cm³/mol. The summed E-state index contributed by atoms with van der Waals surface area (Å²) in [7, 11) is 0. The van der Waals surface area contributed by atoms with Crippen molar-refractivity contribution in [2.75, 3.05) is 6.54 Å². The number of halogens is 6. The lowest BCUT2D eigenvalue weighted by molar-refractivity contribution is -0.143. The Bertz CT molecular complexity index is 520. The Labute approximate surface area is 109 Å². The number of rotatable bonds is 3. The van der Waals surface area contributed by atoms with Crippen molar-refractivity contribution in [3.63, 3.8) is 0 Å². The van der Waals surface area contributed by atoms with Gasteiger partial charge in [-0.2, -0.15) is 26.3 Å². The maximum Gasteiger partial charge on any atom is 0.416 e. The van der Waals surface area contributed by atoms with Gasteiger partial charge in [-0.05, 0) is 29.3 Å². The van der Waals surface area contributed by atoms with Gasteiger partial charge in [-0.25, -0.2) is 0 Å². The van der Waals surface area contributed by atoms with Gasteiger partial charge < -0.3 is 0 Å². The van der Waals surface area contributed by atoms with E-state index in [4.69, 9.17) is 5.53 Å². The molecule has 0 fully saturated rings. The molecule has 0 aromatic heterocycles. The summed E-state index contributed by atoms with van der Waals surface area (Å²) in [6.07, 6.45) is -7.57. The number of hydrogen-bond donors (Lipinski definition) is 0. The van der Waals surface area contributed by atoms with Crippen molar-refractivity contribution < 1.29 is 26.3 Å². The predicted octanol–water partition coefficient (Wildman–Crippen LogP) is 5.05. The van der Waals surface area contributed by atoms with Gasteiger partial charge in [-0.15, -0.1) is 0 Å². The second-order valence-electron chi connectivity index (χ2n) is 3.66. The zero-order chi connectivity index (χ0) is 15.4. The fourth-order valence-corrected chi connectivity index (χ4v) is 1.35. The van der Waals surface area contributed by atoms with E-state index in [0.717, 1.165) is 12.2 Å². The maximum absolute atomic E-state index is 12.5. The monoisotopic (exact) mass is 295 g/mol. The van der Waals surface area contributed by atoms with Gasteiger partial charge in [0, 0.05) is 11.5 Å². The molecule has 1 aromatic rings. The van der Waals surface area contributed by atoms with Gasteiger partial charge in [-0.1, -0.05) is 17.3 Å². The van der Waals surface area contributed by atoms with E-state index in [0.29, 0.717) is 12.1 Å². The van der Waals surface area contributed by atoms with Crippen LogP contribution >= 0.6 is 0 Å². The van der Waals surface area contributed by atoms with Gasteiger partial charge in [0.25, 0.3) is 0 Å². The molecule has 1 rings (SSSR count). The summed E-state index contributed by atoms with van der Waals surface area (Å²) in [4.78, 5) is 2.39. The van der Waals surface area contributed by atoms with Crippen molar-refractivity contribution >= 4 is 6.08 Å². The molecule has 0 atom stereocenters. The van der Waals surface area contributed by atoms with E-state index >= 15 is 0 Å². The molecule has 0 heterocycles. The second kappa shape index (κ2) is 5.87. The van der Waals surface area contributed by atoms with E-state index in [9.17, 15) is 26.3 Å². The summed E-state index contributed by atoms with van der Waals surface area (Å²) in [5.41, 5.74) is 4.93. The number of azide groups is 1. The topological polar surface area (TPSA) is 48.8 Å². The summed E-state index contributed by atoms with van der Waals surface area (Å²) in [5, 5.41) is 3.08. The van der Waals surface area contributed by atoms with Crippen LogP contribution in [0.25, 0.3) is 16.5 Å². The highest BCUT2D eigenvalue weighted by atomic mass is 19.4. The first-order chi connectivity index (χ1) is 9.14. The zero-order valence-corrected chi connectivity index (χ0v) is 9.70. The van der Waals surface area contributed by atoms with E-state index in [2.05, 4.69) is 10.0 Å². The van der Waals surface area contributed by atoms with E-state index in [1.165, 1.54) is 0 Å². The molecule has 1 aromatic carbocycles. The van der Waals surface area contributed by atoms with Crippen LogP contribution in [0.15, 0.2) is 29.4 Å². The molecular weight excluding hydrogens is 288 g/mol. The van der Waals surface area contributed by atoms with E-state index in [1.54, 1.807) is 0 Å². The van der Waals surface area contributed by atoms with Crippen LogP contribution in [-0.4, -0.2) is 6.54 Å². The highest BCUT2D eigenvalue weighted by Gasteiger charge is 2.36. The van der Waals surface area contributed by atoms with Crippen molar-refractivity contribution in [3.05, 3.63) is 51.4 Å². The summed E-state index contributed by atoms with van der Waals surface area (Å²) in [5.74, 6) is 0. The second-order valence-corrected chi connectivity index (χ2v) is 3.66. The number of hydrogen-bond acceptors (Lipinski definition) is 1. The largest absolute Gasteiger partial charge is 0.416 e. The standard InChI is InChI=1S/C11H7F6N3/c12-10(13,14)8-4-7(2-1-3-19-20-18)5-9(6-8)11(15,16)17/h1-2,4-6H,3H2. The Morgan fingerprint density at radius 2 is 1.50 bits per heavy atom. The third kappa shape index (κ3) is 4.51. The molecule has 108 valence electrons. The fraction of sp³-hybridized carbons (Fsp3) is 0.273. The molecule has 0 aliphatic carbocycles. The van der Waals surface area contributed by atoms with Crippen LogP contribution in [-0.2, 0) is 12.4 Å². The third-order valence-electron chi connectivity index (χ3n) is 2.17. The lowest BCUT2D eigenvalue weighted by Gasteiger charge is -2.12. The van der Waals surface area contributed by atoms with E-state index in [1.807, 2.05) is 0 Å². The first-order valence-electron chi connectivity index (χ1n) is 5.11. The average molecular weight is 295 g/mol. The first-order valence-corrected chi connectivity index (χ1v) is 5.11. The molecule has 0 N–H and O–H groups in total. The van der Waals surface area contributed by atoms with Gasteiger partial charge in [0.15, 0.2) is 0 Å². The fourth-order valence-electron chi connectivity index (χ4n) is 1.35. The van der Waals surface area contributed by atoms with Gasteiger partial charge in [0.05, 0.1) is 11.1 Å². The van der Waals surface area contributed by atoms with Crippen molar-refractivity contribution in [3.8, 4) is 0 Å². The average Bonchev–Trinajstić information content (AvgIpc) is 2.32. The molecule has 20 heavy (non-hydrogen) atoms. The van der Waals surface area contributed by atoms with Crippen molar-refractivity contribution in [1.29, 1.82) is 0 Å². The Morgan fingerprint density at radius 3 is 1.90 bits per heavy atom. The van der Waals surface area contributed by atoms with E-state index in [-0.39, 0.29) is 18.2 Å². The van der Waals surface area contributed by atoms with Crippen LogP contribution in [0.3, 0.4) is 0 Å². The Kier molecular flexibility index (Phi) is 4.67. The molecule has 0 spiro atoms. The van der Waals surface area contributed by atoms with Gasteiger partial charge >= 0.3 is 12.4 Å². The number of alkyl halides is 6. The highest BCUT2D eigenvalue weighted by Crippen LogP contribution is 2.36. The van der Waals surface area contributed by atoms with Crippen LogP contribution in [0.1, 0.15) is 16.7 Å². The van der Waals surface area contributed by atoms with E-state index < -0.39 is 23.5 Å². The molecule has 9 heteroatoms. The molecule has 0 unspecified atom stereocenters. The molecule has 0 bridgehead atoms. The smallest absolute Gasteiger partial charge is 0.166 e. The minimum atomic E-state index is -4.88. The van der Waals surface area contributed by atoms with Crippen LogP contribution < -0.4 is 0 Å². The van der Waals surface area contributed by atoms with Gasteiger partial charge in [0.1, 0.15) is 0 Å². The lowest BCUT2D eigenvalue weighted by Crippen LogP contribution is -2.11. The SMILES string of the molecule is [N-]=[N+]=NCC=Cc1cc(C(F)(F)F)cc(C(F)(F)F)c1. The molecule has 0 radical (unpaired) electrons. The Morgan fingerprint density at radius 1 is 1.00 bits per heavy atom. The molecule has 0 saturated heterocycles. The number of nitrogens with zero attached hydrogens (tertiary/aromatic N) is 3. The third-order valence-corrected chi connectivity index (χ3v) is 2.17. The summed E-state index contributed by atoms with van der Waals surface area (Å²) < 4.78 is 75.1. The molecule has 3 nitrogen and oxygen atoms in total. The lowest BCUT2D eigenvalue weighted by atomic mass is 10.0. The summed E-state index contributed by atoms with van der Waals surface area (Å²) >= 11 is 0. The molecular formula is C11H7F6N3. The summed E-state index contributed by atoms with van der Waals surface area (Å²) in [6, 6.07) is 1.22. The minimum Gasteiger partial charge on any atom is -0.166 e. The maximum atomic E-state index is 12.5.